The van der Waals surface area contributed by atoms with Gasteiger partial charge in [-0.1, -0.05) is 41.7 Å². The van der Waals surface area contributed by atoms with E-state index in [-0.39, 0.29) is 15.8 Å². The Hall–Kier alpha value is -3.56. The van der Waals surface area contributed by atoms with Crippen molar-refractivity contribution in [1.82, 2.24) is 10.3 Å². The van der Waals surface area contributed by atoms with Crippen LogP contribution in [0.2, 0.25) is 0 Å². The molecule has 3 N–H and O–H groups in total. The third-order valence-corrected chi connectivity index (χ3v) is 6.76. The number of rotatable bonds is 7. The second kappa shape index (κ2) is 8.76. The van der Waals surface area contributed by atoms with Gasteiger partial charge in [0.2, 0.25) is 0 Å². The largest absolute Gasteiger partial charge is 0.398 e. The van der Waals surface area contributed by atoms with Crippen molar-refractivity contribution in [2.24, 2.45) is 0 Å². The van der Waals surface area contributed by atoms with E-state index in [9.17, 15) is 14.9 Å². The molecule has 0 saturated heterocycles. The number of nitrogens with one attached hydrogen (secondary N) is 1. The Balaban J connectivity index is 1.50. The number of aromatic nitrogens is 1. The van der Waals surface area contributed by atoms with Gasteiger partial charge in [0.15, 0.2) is 0 Å². The molecule has 0 spiro atoms. The number of aryl methyl sites for hydroxylation is 1. The normalized spacial score (nSPS) is 11.7. The number of benzene rings is 2. The van der Waals surface area contributed by atoms with E-state index in [0.717, 1.165) is 26.7 Å². The van der Waals surface area contributed by atoms with Crippen molar-refractivity contribution in [2.75, 3.05) is 32.9 Å². The molecule has 2 heterocycles. The van der Waals surface area contributed by atoms with E-state index in [4.69, 9.17) is 10.7 Å². The Morgan fingerprint density at radius 3 is 2.52 bits per heavy atom. The van der Waals surface area contributed by atoms with Crippen molar-refractivity contribution in [3.63, 3.8) is 0 Å². The molecule has 4 aromatic rings. The fourth-order valence-corrected chi connectivity index (χ4v) is 4.99. The number of anilines is 1. The highest BCUT2D eigenvalue weighted by molar-refractivity contribution is 7.15. The van der Waals surface area contributed by atoms with Crippen molar-refractivity contribution < 1.29 is 14.2 Å². The summed E-state index contributed by atoms with van der Waals surface area (Å²) in [5.74, 6) is -0.202. The van der Waals surface area contributed by atoms with Crippen molar-refractivity contribution in [1.29, 1.82) is 0 Å². The van der Waals surface area contributed by atoms with Crippen LogP contribution in [0.3, 0.4) is 0 Å². The van der Waals surface area contributed by atoms with E-state index in [1.807, 2.05) is 51.4 Å². The van der Waals surface area contributed by atoms with Crippen LogP contribution in [0, 0.1) is 17.0 Å². The predicted octanol–water partition coefficient (Wildman–Crippen LogP) is 4.25. The number of nitro groups is 1. The van der Waals surface area contributed by atoms with Gasteiger partial charge in [-0.25, -0.2) is 4.98 Å². The molecule has 0 bridgehead atoms. The van der Waals surface area contributed by atoms with Crippen LogP contribution in [-0.2, 0) is 6.54 Å². The van der Waals surface area contributed by atoms with Crippen molar-refractivity contribution in [3.8, 4) is 0 Å². The van der Waals surface area contributed by atoms with Gasteiger partial charge in [0.1, 0.15) is 6.54 Å². The first-order chi connectivity index (χ1) is 15.7. The number of amides is 1. The van der Waals surface area contributed by atoms with Crippen LogP contribution in [0.15, 0.2) is 48.5 Å². The van der Waals surface area contributed by atoms with Gasteiger partial charge >= 0.3 is 5.00 Å². The van der Waals surface area contributed by atoms with E-state index in [2.05, 4.69) is 5.32 Å². The van der Waals surface area contributed by atoms with Gasteiger partial charge in [-0.05, 0) is 24.6 Å². The molecule has 0 aliphatic rings. The maximum atomic E-state index is 13.0. The smallest absolute Gasteiger partial charge is 0.324 e. The number of thiophene rings is 1. The number of carbonyl (C=O) groups is 1. The second-order valence-corrected chi connectivity index (χ2v) is 9.92. The number of hydrogen-bond donors (Lipinski definition) is 2. The van der Waals surface area contributed by atoms with Gasteiger partial charge in [0, 0.05) is 16.8 Å². The molecule has 8 nitrogen and oxygen atoms in total. The lowest BCUT2D eigenvalue weighted by Gasteiger charge is -2.29. The average Bonchev–Trinajstić information content (AvgIpc) is 3.22. The van der Waals surface area contributed by atoms with Gasteiger partial charge in [-0.2, -0.15) is 0 Å². The highest BCUT2D eigenvalue weighted by Gasteiger charge is 2.21. The van der Waals surface area contributed by atoms with Crippen LogP contribution in [0.1, 0.15) is 20.8 Å². The molecule has 170 valence electrons. The molecule has 4 rings (SSSR count). The average molecular weight is 465 g/mol. The summed E-state index contributed by atoms with van der Waals surface area (Å²) in [6.45, 7) is 3.75. The highest BCUT2D eigenvalue weighted by Crippen LogP contribution is 2.31. The fourth-order valence-electron chi connectivity index (χ4n) is 3.96. The SMILES string of the molecule is Cc1cccc2c(N)c3cccc(C(=O)NCC[N+](C)(C)Cc4ccc([N+](=O)[O-])s4)c3nc12. The lowest BCUT2D eigenvalue weighted by Crippen LogP contribution is -2.44. The molecule has 2 aromatic heterocycles. The first-order valence-corrected chi connectivity index (χ1v) is 11.4. The molecule has 0 radical (unpaired) electrons. The van der Waals surface area contributed by atoms with E-state index in [0.29, 0.717) is 40.9 Å². The summed E-state index contributed by atoms with van der Waals surface area (Å²) in [5.41, 5.74) is 9.93. The summed E-state index contributed by atoms with van der Waals surface area (Å²) >= 11 is 1.19. The van der Waals surface area contributed by atoms with Crippen molar-refractivity contribution >= 4 is 49.7 Å². The van der Waals surface area contributed by atoms with E-state index >= 15 is 0 Å². The van der Waals surface area contributed by atoms with Crippen molar-refractivity contribution in [2.45, 2.75) is 13.5 Å². The number of pyridine rings is 1. The minimum Gasteiger partial charge on any atom is -0.398 e. The topological polar surface area (TPSA) is 111 Å². The molecule has 2 aromatic carbocycles. The molecule has 0 saturated carbocycles. The molecule has 9 heteroatoms. The zero-order chi connectivity index (χ0) is 23.8. The van der Waals surface area contributed by atoms with Crippen LogP contribution in [0.5, 0.6) is 0 Å². The second-order valence-electron chi connectivity index (χ2n) is 8.77. The maximum Gasteiger partial charge on any atom is 0.324 e. The van der Waals surface area contributed by atoms with Gasteiger partial charge in [-0.3, -0.25) is 14.9 Å². The number of carbonyl (C=O) groups excluding carboxylic acids is 1. The van der Waals surface area contributed by atoms with E-state index < -0.39 is 0 Å². The summed E-state index contributed by atoms with van der Waals surface area (Å²) in [7, 11) is 4.07. The molecule has 33 heavy (non-hydrogen) atoms. The monoisotopic (exact) mass is 464 g/mol. The number of hydrogen-bond acceptors (Lipinski definition) is 6. The molecular formula is C24H26N5O3S+. The third kappa shape index (κ3) is 4.64. The minimum absolute atomic E-state index is 0.142. The van der Waals surface area contributed by atoms with Crippen LogP contribution >= 0.6 is 11.3 Å². The number of quaternary nitrogens is 1. The van der Waals surface area contributed by atoms with Crippen LogP contribution in [-0.4, -0.2) is 47.5 Å². The zero-order valence-corrected chi connectivity index (χ0v) is 19.6. The quantitative estimate of drug-likeness (QED) is 0.184. The Kier molecular flexibility index (Phi) is 6.01. The van der Waals surface area contributed by atoms with Gasteiger partial charge < -0.3 is 15.5 Å². The molecule has 0 fully saturated rings. The van der Waals surface area contributed by atoms with Gasteiger partial charge in [0.25, 0.3) is 5.91 Å². The Labute approximate surface area is 195 Å². The zero-order valence-electron chi connectivity index (χ0n) is 18.8. The highest BCUT2D eigenvalue weighted by atomic mass is 32.1. The first-order valence-electron chi connectivity index (χ1n) is 10.6. The fraction of sp³-hybridized carbons (Fsp3) is 0.250. The Morgan fingerprint density at radius 1 is 1.12 bits per heavy atom. The summed E-state index contributed by atoms with van der Waals surface area (Å²) in [4.78, 5) is 29.3. The van der Waals surface area contributed by atoms with Gasteiger partial charge in [0.05, 0.1) is 59.3 Å². The summed E-state index contributed by atoms with van der Waals surface area (Å²) < 4.78 is 0.586. The van der Waals surface area contributed by atoms with Crippen molar-refractivity contribution in [3.05, 3.63) is 74.6 Å². The first kappa shape index (κ1) is 22.6. The van der Waals surface area contributed by atoms with Crippen LogP contribution < -0.4 is 11.1 Å². The number of fused-ring (bicyclic) bond motifs is 2. The van der Waals surface area contributed by atoms with Crippen LogP contribution in [0.4, 0.5) is 10.7 Å². The number of nitrogens with two attached hydrogens (primary N) is 1. The van der Waals surface area contributed by atoms with Crippen LogP contribution in [0.25, 0.3) is 21.8 Å². The number of nitrogen functional groups attached to an aromatic ring is 1. The molecule has 0 aliphatic carbocycles. The third-order valence-electron chi connectivity index (χ3n) is 5.74. The number of nitrogens with zero attached hydrogens (tertiary/aromatic N) is 3. The molecule has 0 unspecified atom stereocenters. The maximum absolute atomic E-state index is 13.0. The Morgan fingerprint density at radius 2 is 1.82 bits per heavy atom. The standard InChI is InChI=1S/C24H25N5O3S/c1-15-6-4-7-17-21(25)18-8-5-9-19(23(18)27-22(15)17)24(30)26-12-13-29(2,3)14-16-10-11-20(33-16)28(31)32/h4-11H,12-14H2,1-3H3,(H2-,25,26,27,30)/p+1. The van der Waals surface area contributed by atoms with E-state index in [1.54, 1.807) is 12.1 Å². The lowest BCUT2D eigenvalue weighted by molar-refractivity contribution is -0.902. The summed E-state index contributed by atoms with van der Waals surface area (Å²) in [6, 6.07) is 14.7. The lowest BCUT2D eigenvalue weighted by atomic mass is 10.0. The molecule has 0 aliphatic heterocycles. The molecule has 0 atom stereocenters. The van der Waals surface area contributed by atoms with E-state index in [1.165, 1.54) is 17.4 Å². The molecular weight excluding hydrogens is 438 g/mol. The Bertz CT molecular complexity index is 1380. The van der Waals surface area contributed by atoms with Gasteiger partial charge in [-0.15, -0.1) is 0 Å². The number of para-hydroxylation sites is 2. The summed E-state index contributed by atoms with van der Waals surface area (Å²) in [6.07, 6.45) is 0. The summed E-state index contributed by atoms with van der Waals surface area (Å²) in [5, 5.41) is 15.7. The molecule has 1 amide bonds. The predicted molar refractivity (Wildman–Crippen MR) is 132 cm³/mol. The number of likely N-dealkylation sites (N-methyl/N-ethyl adjacent to an activating group) is 1. The minimum atomic E-state index is -0.371.